The van der Waals surface area contributed by atoms with Gasteiger partial charge in [0.15, 0.2) is 0 Å². The van der Waals surface area contributed by atoms with Crippen molar-refractivity contribution in [2.75, 3.05) is 0 Å². The third-order valence-electron chi connectivity index (χ3n) is 1.09. The molecule has 0 N–H and O–H groups in total. The molecule has 0 aromatic heterocycles. The molecule has 0 atom stereocenters. The Kier molecular flexibility index (Phi) is 3.78. The lowest BCUT2D eigenvalue weighted by Crippen LogP contribution is -1.70. The van der Waals surface area contributed by atoms with Gasteiger partial charge in [-0.2, -0.15) is 0 Å². The summed E-state index contributed by atoms with van der Waals surface area (Å²) in [4.78, 5) is 0. The monoisotopic (exact) mass is 122 g/mol. The topological polar surface area (TPSA) is 0 Å². The van der Waals surface area contributed by atoms with E-state index in [1.54, 1.807) is 0 Å². The fourth-order valence-electron chi connectivity index (χ4n) is 0.419. The van der Waals surface area contributed by atoms with Gasteiger partial charge in [-0.3, -0.25) is 0 Å². The molecular weight excluding hydrogens is 108 g/mol. The minimum absolute atomic E-state index is 0.970. The second-order valence-electron chi connectivity index (χ2n) is 2.31. The van der Waals surface area contributed by atoms with Gasteiger partial charge >= 0.3 is 0 Å². The zero-order chi connectivity index (χ0) is 7.28. The summed E-state index contributed by atoms with van der Waals surface area (Å²) >= 11 is 0. The lowest BCUT2D eigenvalue weighted by molar-refractivity contribution is 1.20. The van der Waals surface area contributed by atoms with E-state index in [4.69, 9.17) is 0 Å². The zero-order valence-corrected chi connectivity index (χ0v) is 6.28. The second kappa shape index (κ2) is 4.13. The Morgan fingerprint density at radius 1 is 1.44 bits per heavy atom. The third kappa shape index (κ3) is 5.09. The smallest absolute Gasteiger partial charge is 0.0139 e. The van der Waals surface area contributed by atoms with Crippen molar-refractivity contribution in [3.63, 3.8) is 0 Å². The second-order valence-corrected chi connectivity index (χ2v) is 2.31. The Balaban J connectivity index is 3.69. The third-order valence-corrected chi connectivity index (χ3v) is 1.09. The summed E-state index contributed by atoms with van der Waals surface area (Å²) in [5.41, 5.74) is 2.41. The lowest BCUT2D eigenvalue weighted by atomic mass is 10.2. The van der Waals surface area contributed by atoms with E-state index in [2.05, 4.69) is 19.2 Å². The van der Waals surface area contributed by atoms with Crippen LogP contribution in [-0.4, -0.2) is 0 Å². The molecule has 0 nitrogen and oxygen atoms in total. The summed E-state index contributed by atoms with van der Waals surface area (Å²) in [7, 11) is 0. The SMILES string of the molecule is C=C/C(C)=C\CC(=C)C. The van der Waals surface area contributed by atoms with Crippen molar-refractivity contribution in [3.05, 3.63) is 36.5 Å². The summed E-state index contributed by atoms with van der Waals surface area (Å²) in [5.74, 6) is 0. The first-order valence-corrected chi connectivity index (χ1v) is 3.10. The predicted octanol–water partition coefficient (Wildman–Crippen LogP) is 3.08. The highest BCUT2D eigenvalue weighted by Crippen LogP contribution is 2.01. The Bertz CT molecular complexity index is 138. The first kappa shape index (κ1) is 8.22. The summed E-state index contributed by atoms with van der Waals surface area (Å²) < 4.78 is 0. The van der Waals surface area contributed by atoms with Crippen molar-refractivity contribution in [1.82, 2.24) is 0 Å². The molecule has 0 aromatic carbocycles. The molecule has 0 rings (SSSR count). The number of hydrogen-bond acceptors (Lipinski definition) is 0. The fourth-order valence-corrected chi connectivity index (χ4v) is 0.419. The van der Waals surface area contributed by atoms with Gasteiger partial charge in [-0.05, 0) is 20.3 Å². The molecule has 0 radical (unpaired) electrons. The van der Waals surface area contributed by atoms with Gasteiger partial charge in [0.25, 0.3) is 0 Å². The maximum Gasteiger partial charge on any atom is -0.0139 e. The van der Waals surface area contributed by atoms with Gasteiger partial charge in [-0.25, -0.2) is 0 Å². The van der Waals surface area contributed by atoms with Crippen molar-refractivity contribution in [2.24, 2.45) is 0 Å². The van der Waals surface area contributed by atoms with Crippen LogP contribution in [0.2, 0.25) is 0 Å². The molecule has 0 aliphatic rings. The minimum atomic E-state index is 0.970. The molecule has 0 heterocycles. The van der Waals surface area contributed by atoms with Crippen LogP contribution in [0, 0.1) is 0 Å². The van der Waals surface area contributed by atoms with Crippen LogP contribution >= 0.6 is 0 Å². The standard InChI is InChI=1S/C9H14/c1-5-9(4)7-6-8(2)3/h5,7H,1-2,6H2,3-4H3/b9-7-. The van der Waals surface area contributed by atoms with Crippen molar-refractivity contribution in [1.29, 1.82) is 0 Å². The van der Waals surface area contributed by atoms with Crippen LogP contribution in [0.1, 0.15) is 20.3 Å². The van der Waals surface area contributed by atoms with E-state index in [1.807, 2.05) is 19.9 Å². The van der Waals surface area contributed by atoms with Crippen LogP contribution in [0.5, 0.6) is 0 Å². The van der Waals surface area contributed by atoms with E-state index in [9.17, 15) is 0 Å². The van der Waals surface area contributed by atoms with Crippen molar-refractivity contribution in [2.45, 2.75) is 20.3 Å². The van der Waals surface area contributed by atoms with Gasteiger partial charge in [0.1, 0.15) is 0 Å². The molecule has 0 saturated heterocycles. The van der Waals surface area contributed by atoms with E-state index < -0.39 is 0 Å². The van der Waals surface area contributed by atoms with E-state index in [-0.39, 0.29) is 0 Å². The highest BCUT2D eigenvalue weighted by Gasteiger charge is 1.80. The normalized spacial score (nSPS) is 11.1. The van der Waals surface area contributed by atoms with Crippen LogP contribution in [0.4, 0.5) is 0 Å². The molecule has 0 spiro atoms. The highest BCUT2D eigenvalue weighted by atomic mass is 13.9. The number of hydrogen-bond donors (Lipinski definition) is 0. The molecule has 0 fully saturated rings. The molecular formula is C9H14. The van der Waals surface area contributed by atoms with Crippen molar-refractivity contribution in [3.8, 4) is 0 Å². The van der Waals surface area contributed by atoms with Crippen LogP contribution in [0.25, 0.3) is 0 Å². The first-order chi connectivity index (χ1) is 4.16. The van der Waals surface area contributed by atoms with Gasteiger partial charge < -0.3 is 0 Å². The Labute approximate surface area is 57.6 Å². The molecule has 0 heteroatoms. The highest BCUT2D eigenvalue weighted by molar-refractivity contribution is 5.15. The van der Waals surface area contributed by atoms with Crippen molar-refractivity contribution < 1.29 is 0 Å². The van der Waals surface area contributed by atoms with E-state index in [0.29, 0.717) is 0 Å². The minimum Gasteiger partial charge on any atom is -0.0998 e. The first-order valence-electron chi connectivity index (χ1n) is 3.10. The Morgan fingerprint density at radius 3 is 2.33 bits per heavy atom. The van der Waals surface area contributed by atoms with Crippen LogP contribution < -0.4 is 0 Å². The molecule has 9 heavy (non-hydrogen) atoms. The average molecular weight is 122 g/mol. The van der Waals surface area contributed by atoms with E-state index in [1.165, 1.54) is 11.1 Å². The molecule has 0 aliphatic heterocycles. The summed E-state index contributed by atoms with van der Waals surface area (Å²) in [5, 5.41) is 0. The number of allylic oxidation sites excluding steroid dienone is 4. The maximum atomic E-state index is 3.78. The van der Waals surface area contributed by atoms with Gasteiger partial charge in [0, 0.05) is 0 Å². The zero-order valence-electron chi connectivity index (χ0n) is 6.28. The predicted molar refractivity (Wildman–Crippen MR) is 43.4 cm³/mol. The molecule has 0 aliphatic carbocycles. The average Bonchev–Trinajstić information content (AvgIpc) is 1.83. The molecule has 0 unspecified atom stereocenters. The van der Waals surface area contributed by atoms with E-state index in [0.717, 1.165) is 6.42 Å². The molecule has 0 amide bonds. The van der Waals surface area contributed by atoms with E-state index >= 15 is 0 Å². The molecule has 0 saturated carbocycles. The quantitative estimate of drug-likeness (QED) is 0.398. The molecule has 0 aromatic rings. The molecule has 0 bridgehead atoms. The lowest BCUT2D eigenvalue weighted by Gasteiger charge is -1.91. The molecule has 50 valence electrons. The van der Waals surface area contributed by atoms with Crippen LogP contribution in [0.3, 0.4) is 0 Å². The van der Waals surface area contributed by atoms with Crippen LogP contribution in [0.15, 0.2) is 36.5 Å². The van der Waals surface area contributed by atoms with Gasteiger partial charge in [-0.1, -0.05) is 36.5 Å². The summed E-state index contributed by atoms with van der Waals surface area (Å²) in [6.07, 6.45) is 4.94. The van der Waals surface area contributed by atoms with Gasteiger partial charge in [-0.15, -0.1) is 0 Å². The van der Waals surface area contributed by atoms with Crippen LogP contribution in [-0.2, 0) is 0 Å². The fraction of sp³-hybridized carbons (Fsp3) is 0.333. The Morgan fingerprint density at radius 2 is 2.00 bits per heavy atom. The maximum absolute atomic E-state index is 3.78. The number of rotatable bonds is 3. The Hall–Kier alpha value is -0.780. The summed E-state index contributed by atoms with van der Waals surface area (Å²) in [6.45, 7) is 11.5. The van der Waals surface area contributed by atoms with Gasteiger partial charge in [0.05, 0.1) is 0 Å². The van der Waals surface area contributed by atoms with Gasteiger partial charge in [0.2, 0.25) is 0 Å². The largest absolute Gasteiger partial charge is 0.0998 e. The summed E-state index contributed by atoms with van der Waals surface area (Å²) in [6, 6.07) is 0. The van der Waals surface area contributed by atoms with Crippen molar-refractivity contribution >= 4 is 0 Å².